The summed E-state index contributed by atoms with van der Waals surface area (Å²) in [4.78, 5) is 12.1. The summed E-state index contributed by atoms with van der Waals surface area (Å²) < 4.78 is 0. The third kappa shape index (κ3) is 1.75. The highest BCUT2D eigenvalue weighted by molar-refractivity contribution is 5.97. The molecule has 1 atom stereocenters. The summed E-state index contributed by atoms with van der Waals surface area (Å²) >= 11 is 0. The molecule has 0 saturated carbocycles. The Hall–Kier alpha value is -1.93. The molecule has 0 amide bonds. The van der Waals surface area contributed by atoms with E-state index in [2.05, 4.69) is 0 Å². The van der Waals surface area contributed by atoms with Crippen LogP contribution in [0.4, 0.5) is 0 Å². The summed E-state index contributed by atoms with van der Waals surface area (Å²) in [5.74, 6) is -0.00685. The van der Waals surface area contributed by atoms with Gasteiger partial charge in [-0.2, -0.15) is 0 Å². The van der Waals surface area contributed by atoms with Crippen LogP contribution in [0.3, 0.4) is 0 Å². The normalized spacial score (nSPS) is 20.9. The van der Waals surface area contributed by atoms with Crippen LogP contribution in [0.25, 0.3) is 0 Å². The molecule has 2 aromatic carbocycles. The van der Waals surface area contributed by atoms with Gasteiger partial charge in [-0.05, 0) is 11.1 Å². The minimum atomic E-state index is -0.969. The Morgan fingerprint density at radius 2 is 1.72 bits per heavy atom. The minimum absolute atomic E-state index is 0.00685. The summed E-state index contributed by atoms with van der Waals surface area (Å²) in [6.45, 7) is 0. The molecule has 2 aromatic rings. The summed E-state index contributed by atoms with van der Waals surface area (Å²) in [6.07, 6.45) is 0.732. The smallest absolute Gasteiger partial charge is 0.166 e. The van der Waals surface area contributed by atoms with E-state index in [-0.39, 0.29) is 12.2 Å². The molecular weight excluding hydrogens is 224 g/mol. The Morgan fingerprint density at radius 3 is 2.44 bits per heavy atom. The first kappa shape index (κ1) is 11.2. The van der Waals surface area contributed by atoms with Gasteiger partial charge >= 0.3 is 0 Å². The van der Waals surface area contributed by atoms with Crippen molar-refractivity contribution in [1.82, 2.24) is 0 Å². The zero-order chi connectivity index (χ0) is 12.6. The highest BCUT2D eigenvalue weighted by Gasteiger charge is 2.42. The van der Waals surface area contributed by atoms with Crippen LogP contribution in [0.2, 0.25) is 0 Å². The lowest BCUT2D eigenvalue weighted by Gasteiger charge is -2.39. The van der Waals surface area contributed by atoms with E-state index in [4.69, 9.17) is 0 Å². The maximum atomic E-state index is 12.1. The van der Waals surface area contributed by atoms with E-state index in [1.807, 2.05) is 42.5 Å². The van der Waals surface area contributed by atoms with Crippen LogP contribution in [0.1, 0.15) is 27.9 Å². The number of ketones is 1. The van der Waals surface area contributed by atoms with E-state index in [0.29, 0.717) is 12.0 Å². The van der Waals surface area contributed by atoms with Crippen molar-refractivity contribution < 1.29 is 9.90 Å². The van der Waals surface area contributed by atoms with Crippen LogP contribution in [-0.2, 0) is 12.0 Å². The molecule has 90 valence electrons. The molecule has 0 radical (unpaired) electrons. The molecule has 18 heavy (non-hydrogen) atoms. The van der Waals surface area contributed by atoms with Gasteiger partial charge in [0.1, 0.15) is 5.60 Å². The molecule has 0 saturated heterocycles. The van der Waals surface area contributed by atoms with Crippen molar-refractivity contribution in [3.05, 3.63) is 71.3 Å². The van der Waals surface area contributed by atoms with Crippen molar-refractivity contribution in [3.8, 4) is 0 Å². The van der Waals surface area contributed by atoms with Gasteiger partial charge in [0.05, 0.1) is 0 Å². The van der Waals surface area contributed by atoms with Gasteiger partial charge in [-0.25, -0.2) is 0 Å². The van der Waals surface area contributed by atoms with Gasteiger partial charge < -0.3 is 5.11 Å². The number of hydrogen-bond acceptors (Lipinski definition) is 2. The molecule has 0 spiro atoms. The summed E-state index contributed by atoms with van der Waals surface area (Å²) in [5, 5.41) is 10.5. The van der Waals surface area contributed by atoms with Crippen molar-refractivity contribution in [1.29, 1.82) is 0 Å². The van der Waals surface area contributed by atoms with Gasteiger partial charge in [0.25, 0.3) is 0 Å². The lowest BCUT2D eigenvalue weighted by atomic mass is 9.70. The minimum Gasteiger partial charge on any atom is -0.384 e. The van der Waals surface area contributed by atoms with Crippen LogP contribution in [0.5, 0.6) is 0 Å². The topological polar surface area (TPSA) is 37.3 Å². The molecule has 1 aliphatic rings. The second-order valence-electron chi connectivity index (χ2n) is 4.83. The third-order valence-electron chi connectivity index (χ3n) is 3.55. The number of carbonyl (C=O) groups excluding carboxylic acids is 1. The van der Waals surface area contributed by atoms with Gasteiger partial charge in [0.2, 0.25) is 0 Å². The molecule has 3 rings (SSSR count). The van der Waals surface area contributed by atoms with E-state index >= 15 is 0 Å². The fourth-order valence-electron chi connectivity index (χ4n) is 2.58. The van der Waals surface area contributed by atoms with Gasteiger partial charge in [-0.15, -0.1) is 0 Å². The monoisotopic (exact) mass is 238 g/mol. The average molecular weight is 238 g/mol. The van der Waals surface area contributed by atoms with Crippen LogP contribution in [0, 0.1) is 0 Å². The first-order valence-corrected chi connectivity index (χ1v) is 6.08. The number of aliphatic hydroxyl groups is 1. The molecule has 0 heterocycles. The number of fused-ring (bicyclic) bond motifs is 1. The van der Waals surface area contributed by atoms with Crippen molar-refractivity contribution in [2.45, 2.75) is 18.4 Å². The van der Waals surface area contributed by atoms with E-state index in [0.717, 1.165) is 11.1 Å². The quantitative estimate of drug-likeness (QED) is 0.835. The first-order valence-electron chi connectivity index (χ1n) is 6.08. The van der Waals surface area contributed by atoms with Gasteiger partial charge in [-0.3, -0.25) is 4.79 Å². The molecule has 2 heteroatoms. The zero-order valence-corrected chi connectivity index (χ0v) is 9.97. The van der Waals surface area contributed by atoms with Crippen LogP contribution in [0.15, 0.2) is 54.6 Å². The Labute approximate surface area is 106 Å². The second-order valence-corrected chi connectivity index (χ2v) is 4.83. The molecule has 0 fully saturated rings. The van der Waals surface area contributed by atoms with E-state index in [1.54, 1.807) is 12.1 Å². The van der Waals surface area contributed by atoms with E-state index < -0.39 is 5.60 Å². The largest absolute Gasteiger partial charge is 0.384 e. The Kier molecular flexibility index (Phi) is 2.53. The number of Topliss-reactive ketones (excluding diaryl/α,β-unsaturated/α-hetero) is 1. The van der Waals surface area contributed by atoms with Crippen molar-refractivity contribution >= 4 is 5.78 Å². The second kappa shape index (κ2) is 4.07. The number of hydrogen-bond donors (Lipinski definition) is 1. The molecule has 0 aliphatic heterocycles. The molecule has 2 nitrogen and oxygen atoms in total. The molecular formula is C16H14O2. The summed E-state index contributed by atoms with van der Waals surface area (Å²) in [7, 11) is 0. The maximum absolute atomic E-state index is 12.1. The first-order chi connectivity index (χ1) is 8.69. The van der Waals surface area contributed by atoms with Gasteiger partial charge in [0.15, 0.2) is 5.78 Å². The number of rotatable bonds is 3. The molecule has 1 aliphatic carbocycles. The fourth-order valence-corrected chi connectivity index (χ4v) is 2.58. The summed E-state index contributed by atoms with van der Waals surface area (Å²) in [5.41, 5.74) is 1.73. The lowest BCUT2D eigenvalue weighted by molar-refractivity contribution is 0.00738. The molecule has 0 unspecified atom stereocenters. The van der Waals surface area contributed by atoms with Gasteiger partial charge in [-0.1, -0.05) is 54.6 Å². The van der Waals surface area contributed by atoms with Crippen LogP contribution < -0.4 is 0 Å². The van der Waals surface area contributed by atoms with Crippen LogP contribution >= 0.6 is 0 Å². The third-order valence-corrected chi connectivity index (χ3v) is 3.55. The highest BCUT2D eigenvalue weighted by Crippen LogP contribution is 2.41. The van der Waals surface area contributed by atoms with Gasteiger partial charge in [0, 0.05) is 18.4 Å². The van der Waals surface area contributed by atoms with Crippen molar-refractivity contribution in [2.75, 3.05) is 0 Å². The Balaban J connectivity index is 1.81. The fraction of sp³-hybridized carbons (Fsp3) is 0.188. The Bertz CT molecular complexity index is 589. The standard InChI is InChI=1S/C16H14O2/c17-15(12-6-2-1-3-7-12)11-16(18)10-13-8-4-5-9-14(13)16/h1-9,18H,10-11H2/t16-/m1/s1. The summed E-state index contributed by atoms with van der Waals surface area (Å²) in [6, 6.07) is 16.9. The average Bonchev–Trinajstić information content (AvgIpc) is 2.39. The number of benzene rings is 2. The van der Waals surface area contributed by atoms with Crippen molar-refractivity contribution in [3.63, 3.8) is 0 Å². The lowest BCUT2D eigenvalue weighted by Crippen LogP contribution is -2.40. The highest BCUT2D eigenvalue weighted by atomic mass is 16.3. The SMILES string of the molecule is O=C(C[C@]1(O)Cc2ccccc21)c1ccccc1. The molecule has 0 bridgehead atoms. The van der Waals surface area contributed by atoms with E-state index in [1.165, 1.54) is 0 Å². The molecule has 0 aromatic heterocycles. The zero-order valence-electron chi connectivity index (χ0n) is 9.97. The van der Waals surface area contributed by atoms with Crippen LogP contribution in [-0.4, -0.2) is 10.9 Å². The Morgan fingerprint density at radius 1 is 1.06 bits per heavy atom. The predicted octanol–water partition coefficient (Wildman–Crippen LogP) is 2.70. The van der Waals surface area contributed by atoms with E-state index in [9.17, 15) is 9.90 Å². The number of carbonyl (C=O) groups is 1. The predicted molar refractivity (Wildman–Crippen MR) is 69.4 cm³/mol. The molecule has 1 N–H and O–H groups in total. The maximum Gasteiger partial charge on any atom is 0.166 e. The van der Waals surface area contributed by atoms with Crippen molar-refractivity contribution in [2.24, 2.45) is 0 Å².